The molecule has 22 heavy (non-hydrogen) atoms. The number of aromatic nitrogens is 1. The first kappa shape index (κ1) is 15.3. The number of anilines is 1. The van der Waals surface area contributed by atoms with E-state index in [2.05, 4.69) is 15.6 Å². The van der Waals surface area contributed by atoms with E-state index < -0.39 is 0 Å². The molecule has 1 aromatic rings. The quantitative estimate of drug-likeness (QED) is 0.659. The lowest BCUT2D eigenvalue weighted by Crippen LogP contribution is -2.36. The van der Waals surface area contributed by atoms with Crippen LogP contribution in [0.15, 0.2) is 6.20 Å². The largest absolute Gasteiger partial charge is 0.320 e. The Morgan fingerprint density at radius 2 is 2.05 bits per heavy atom. The number of amides is 1. The second kappa shape index (κ2) is 7.10. The maximum absolute atomic E-state index is 12.4. The van der Waals surface area contributed by atoms with Crippen LogP contribution in [0.3, 0.4) is 0 Å². The molecule has 1 heterocycles. The third kappa shape index (κ3) is 3.41. The highest BCUT2D eigenvalue weighted by Gasteiger charge is 2.33. The SMILES string of the molecule is N#CN[C@@H]1CCC[C@H]1C(=O)Nc1ncc(C2CCCCC2)s1. The second-order valence-corrected chi connectivity index (χ2v) is 7.35. The Morgan fingerprint density at radius 1 is 1.23 bits per heavy atom. The Bertz CT molecular complexity index is 559. The van der Waals surface area contributed by atoms with Gasteiger partial charge in [0, 0.05) is 17.1 Å². The van der Waals surface area contributed by atoms with E-state index in [0.717, 1.165) is 19.3 Å². The zero-order valence-corrected chi connectivity index (χ0v) is 13.5. The molecule has 2 fully saturated rings. The Kier molecular flexibility index (Phi) is 4.94. The predicted molar refractivity (Wildman–Crippen MR) is 86.4 cm³/mol. The van der Waals surface area contributed by atoms with Gasteiger partial charge in [-0.2, -0.15) is 5.26 Å². The topological polar surface area (TPSA) is 77.8 Å². The summed E-state index contributed by atoms with van der Waals surface area (Å²) in [5.74, 6) is 0.493. The van der Waals surface area contributed by atoms with Gasteiger partial charge in [-0.15, -0.1) is 11.3 Å². The van der Waals surface area contributed by atoms with Crippen molar-refractivity contribution in [2.24, 2.45) is 5.92 Å². The van der Waals surface area contributed by atoms with Crippen LogP contribution in [0.25, 0.3) is 0 Å². The van der Waals surface area contributed by atoms with Crippen molar-refractivity contribution in [3.63, 3.8) is 0 Å². The number of nitriles is 1. The van der Waals surface area contributed by atoms with Gasteiger partial charge in [0.15, 0.2) is 11.3 Å². The Morgan fingerprint density at radius 3 is 2.82 bits per heavy atom. The Labute approximate surface area is 135 Å². The van der Waals surface area contributed by atoms with Crippen molar-refractivity contribution in [2.75, 3.05) is 5.32 Å². The number of rotatable bonds is 4. The Balaban J connectivity index is 1.60. The van der Waals surface area contributed by atoms with Crippen molar-refractivity contribution in [3.8, 4) is 6.19 Å². The summed E-state index contributed by atoms with van der Waals surface area (Å²) in [6.07, 6.45) is 13.0. The minimum atomic E-state index is -0.123. The van der Waals surface area contributed by atoms with E-state index in [1.807, 2.05) is 12.4 Å². The lowest BCUT2D eigenvalue weighted by atomic mass is 9.89. The number of hydrogen-bond acceptors (Lipinski definition) is 5. The maximum atomic E-state index is 12.4. The summed E-state index contributed by atoms with van der Waals surface area (Å²) in [6.45, 7) is 0. The van der Waals surface area contributed by atoms with Crippen molar-refractivity contribution >= 4 is 22.4 Å². The van der Waals surface area contributed by atoms with Crippen LogP contribution in [0, 0.1) is 17.4 Å². The molecule has 2 aliphatic rings. The van der Waals surface area contributed by atoms with Crippen LogP contribution in [-0.2, 0) is 4.79 Å². The van der Waals surface area contributed by atoms with Crippen molar-refractivity contribution in [2.45, 2.75) is 63.3 Å². The summed E-state index contributed by atoms with van der Waals surface area (Å²) in [6, 6.07) is -0.0252. The van der Waals surface area contributed by atoms with E-state index in [1.54, 1.807) is 11.3 Å². The minimum absolute atomic E-state index is 0.00482. The molecule has 2 saturated carbocycles. The van der Waals surface area contributed by atoms with Gasteiger partial charge in [-0.3, -0.25) is 4.79 Å². The molecule has 1 amide bonds. The van der Waals surface area contributed by atoms with Crippen LogP contribution in [0.4, 0.5) is 5.13 Å². The molecule has 0 aromatic carbocycles. The van der Waals surface area contributed by atoms with Crippen molar-refractivity contribution in [1.29, 1.82) is 5.26 Å². The number of nitrogens with one attached hydrogen (secondary N) is 2. The normalized spacial score (nSPS) is 25.6. The number of nitrogens with zero attached hydrogens (tertiary/aromatic N) is 2. The summed E-state index contributed by atoms with van der Waals surface area (Å²) < 4.78 is 0. The zero-order valence-electron chi connectivity index (χ0n) is 12.7. The molecule has 6 heteroatoms. The molecule has 0 spiro atoms. The van der Waals surface area contributed by atoms with Crippen molar-refractivity contribution in [1.82, 2.24) is 10.3 Å². The fourth-order valence-corrected chi connectivity index (χ4v) is 4.64. The second-order valence-electron chi connectivity index (χ2n) is 6.29. The summed E-state index contributed by atoms with van der Waals surface area (Å²) in [7, 11) is 0. The molecule has 1 aromatic heterocycles. The van der Waals surface area contributed by atoms with Crippen LogP contribution >= 0.6 is 11.3 Å². The number of thiazole rings is 1. The molecule has 118 valence electrons. The molecule has 0 unspecified atom stereocenters. The number of carbonyl (C=O) groups excluding carboxylic acids is 1. The first-order valence-corrected chi connectivity index (χ1v) is 9.01. The van der Waals surface area contributed by atoms with E-state index in [0.29, 0.717) is 11.0 Å². The van der Waals surface area contributed by atoms with Gasteiger partial charge in [-0.05, 0) is 31.6 Å². The lowest BCUT2D eigenvalue weighted by molar-refractivity contribution is -0.120. The molecule has 3 rings (SSSR count). The maximum Gasteiger partial charge on any atom is 0.231 e. The van der Waals surface area contributed by atoms with Crippen LogP contribution in [0.5, 0.6) is 0 Å². The molecule has 2 N–H and O–H groups in total. The van der Waals surface area contributed by atoms with Gasteiger partial charge in [0.2, 0.25) is 5.91 Å². The highest BCUT2D eigenvalue weighted by molar-refractivity contribution is 7.15. The van der Waals surface area contributed by atoms with E-state index in [1.165, 1.54) is 37.0 Å². The van der Waals surface area contributed by atoms with E-state index in [4.69, 9.17) is 5.26 Å². The summed E-state index contributed by atoms with van der Waals surface area (Å²) in [5.41, 5.74) is 0. The molecule has 2 aliphatic carbocycles. The molecule has 0 saturated heterocycles. The minimum Gasteiger partial charge on any atom is -0.320 e. The molecule has 2 atom stereocenters. The van der Waals surface area contributed by atoms with Crippen LogP contribution in [0.1, 0.15) is 62.2 Å². The molecule has 0 aliphatic heterocycles. The van der Waals surface area contributed by atoms with Gasteiger partial charge in [0.25, 0.3) is 0 Å². The van der Waals surface area contributed by atoms with E-state index >= 15 is 0 Å². The third-order valence-electron chi connectivity index (χ3n) is 4.86. The third-order valence-corrected chi connectivity index (χ3v) is 5.94. The molecular formula is C16H22N4OS. The number of hydrogen-bond donors (Lipinski definition) is 2. The van der Waals surface area contributed by atoms with Crippen LogP contribution in [0.2, 0.25) is 0 Å². The van der Waals surface area contributed by atoms with Crippen molar-refractivity contribution < 1.29 is 4.79 Å². The first-order chi connectivity index (χ1) is 10.8. The van der Waals surface area contributed by atoms with E-state index in [9.17, 15) is 4.79 Å². The van der Waals surface area contributed by atoms with Gasteiger partial charge in [-0.25, -0.2) is 4.98 Å². The fraction of sp³-hybridized carbons (Fsp3) is 0.688. The average molecular weight is 318 g/mol. The predicted octanol–water partition coefficient (Wildman–Crippen LogP) is 3.37. The summed E-state index contributed by atoms with van der Waals surface area (Å²) in [4.78, 5) is 18.1. The van der Waals surface area contributed by atoms with Gasteiger partial charge < -0.3 is 10.6 Å². The van der Waals surface area contributed by atoms with Gasteiger partial charge >= 0.3 is 0 Å². The summed E-state index contributed by atoms with van der Waals surface area (Å²) >= 11 is 1.61. The molecular weight excluding hydrogens is 296 g/mol. The van der Waals surface area contributed by atoms with Crippen LogP contribution in [-0.4, -0.2) is 16.9 Å². The van der Waals surface area contributed by atoms with Crippen molar-refractivity contribution in [3.05, 3.63) is 11.1 Å². The fourth-order valence-electron chi connectivity index (χ4n) is 3.65. The smallest absolute Gasteiger partial charge is 0.231 e. The first-order valence-electron chi connectivity index (χ1n) is 8.19. The molecule has 0 radical (unpaired) electrons. The highest BCUT2D eigenvalue weighted by Crippen LogP contribution is 2.37. The monoisotopic (exact) mass is 318 g/mol. The standard InChI is InChI=1S/C16H22N4OS/c17-10-19-13-8-4-7-12(13)15(21)20-16-18-9-14(22-16)11-5-2-1-3-6-11/h9,11-13,19H,1-8H2,(H,18,20,21)/t12-,13-/m1/s1. The zero-order chi connectivity index (χ0) is 15.4. The summed E-state index contributed by atoms with van der Waals surface area (Å²) in [5, 5.41) is 15.2. The molecule has 0 bridgehead atoms. The van der Waals surface area contributed by atoms with Gasteiger partial charge in [0.1, 0.15) is 0 Å². The van der Waals surface area contributed by atoms with E-state index in [-0.39, 0.29) is 17.9 Å². The highest BCUT2D eigenvalue weighted by atomic mass is 32.1. The van der Waals surface area contributed by atoms with Gasteiger partial charge in [-0.1, -0.05) is 25.7 Å². The van der Waals surface area contributed by atoms with Gasteiger partial charge in [0.05, 0.1) is 5.92 Å². The van der Waals surface area contributed by atoms with Crippen LogP contribution < -0.4 is 10.6 Å². The lowest BCUT2D eigenvalue weighted by Gasteiger charge is -2.19. The number of carbonyl (C=O) groups is 1. The Hall–Kier alpha value is -1.61. The molecule has 5 nitrogen and oxygen atoms in total. The average Bonchev–Trinajstić information content (AvgIpc) is 3.18.